The van der Waals surface area contributed by atoms with Crippen LogP contribution >= 0.6 is 11.3 Å². The van der Waals surface area contributed by atoms with Gasteiger partial charge in [-0.15, -0.1) is 11.3 Å². The van der Waals surface area contributed by atoms with Crippen molar-refractivity contribution in [2.24, 2.45) is 0 Å². The van der Waals surface area contributed by atoms with Crippen LogP contribution in [0, 0.1) is 5.82 Å². The number of aromatic nitrogens is 1. The number of esters is 1. The molecule has 0 bridgehead atoms. The number of amides is 1. The molecule has 29 heavy (non-hydrogen) atoms. The Labute approximate surface area is 172 Å². The zero-order chi connectivity index (χ0) is 20.5. The minimum absolute atomic E-state index is 0.191. The first-order valence-corrected chi connectivity index (χ1v) is 10.7. The van der Waals surface area contributed by atoms with Gasteiger partial charge in [0.15, 0.2) is 5.69 Å². The molecule has 3 aromatic rings. The van der Waals surface area contributed by atoms with Crippen LogP contribution in [0.3, 0.4) is 0 Å². The first-order valence-electron chi connectivity index (χ1n) is 9.86. The monoisotopic (exact) mass is 414 g/mol. The fraction of sp³-hybridized carbons (Fsp3) is 0.364. The van der Waals surface area contributed by atoms with Gasteiger partial charge in [0.2, 0.25) is 5.91 Å². The molecule has 1 amide bonds. The zero-order valence-corrected chi connectivity index (χ0v) is 17.3. The highest BCUT2D eigenvalue weighted by atomic mass is 32.1. The second-order valence-corrected chi connectivity index (χ2v) is 8.28. The number of halogens is 1. The lowest BCUT2D eigenvalue weighted by molar-refractivity contribution is -0.114. The third kappa shape index (κ3) is 3.55. The normalized spacial score (nSPS) is 13.3. The van der Waals surface area contributed by atoms with Crippen molar-refractivity contribution in [2.75, 3.05) is 11.9 Å². The van der Waals surface area contributed by atoms with Gasteiger partial charge >= 0.3 is 5.97 Å². The molecule has 5 nitrogen and oxygen atoms in total. The number of carbonyl (C=O) groups excluding carboxylic acids is 2. The smallest absolute Gasteiger partial charge is 0.357 e. The molecule has 0 radical (unpaired) electrons. The van der Waals surface area contributed by atoms with Crippen molar-refractivity contribution in [1.29, 1.82) is 0 Å². The molecule has 0 saturated carbocycles. The lowest BCUT2D eigenvalue weighted by Crippen LogP contribution is -2.17. The number of anilines is 1. The van der Waals surface area contributed by atoms with Crippen LogP contribution in [-0.2, 0) is 28.9 Å². The van der Waals surface area contributed by atoms with Gasteiger partial charge in [-0.25, -0.2) is 9.18 Å². The summed E-state index contributed by atoms with van der Waals surface area (Å²) in [4.78, 5) is 27.0. The molecule has 0 atom stereocenters. The van der Waals surface area contributed by atoms with Crippen LogP contribution in [0.2, 0.25) is 0 Å². The molecular weight excluding hydrogens is 391 g/mol. The van der Waals surface area contributed by atoms with E-state index in [1.165, 1.54) is 23.4 Å². The van der Waals surface area contributed by atoms with Crippen LogP contribution in [0.4, 0.5) is 10.1 Å². The summed E-state index contributed by atoms with van der Waals surface area (Å²) in [5.74, 6) is -1.09. The van der Waals surface area contributed by atoms with Crippen molar-refractivity contribution in [3.63, 3.8) is 0 Å². The first kappa shape index (κ1) is 19.6. The second kappa shape index (κ2) is 7.99. The molecule has 1 aromatic carbocycles. The molecule has 4 rings (SSSR count). The molecule has 2 aromatic heterocycles. The predicted molar refractivity (Wildman–Crippen MR) is 112 cm³/mol. The number of rotatable bonds is 5. The lowest BCUT2D eigenvalue weighted by atomic mass is 9.96. The summed E-state index contributed by atoms with van der Waals surface area (Å²) >= 11 is 1.63. The Bertz CT molecular complexity index is 1100. The third-order valence-corrected chi connectivity index (χ3v) is 6.53. The van der Waals surface area contributed by atoms with Gasteiger partial charge in [-0.3, -0.25) is 4.79 Å². The van der Waals surface area contributed by atoms with Crippen LogP contribution < -0.4 is 5.32 Å². The molecule has 2 heterocycles. The predicted octanol–water partition coefficient (Wildman–Crippen LogP) is 4.90. The number of hydrogen-bond donors (Lipinski definition) is 1. The van der Waals surface area contributed by atoms with E-state index in [0.717, 1.165) is 35.9 Å². The highest BCUT2D eigenvalue weighted by molar-refractivity contribution is 7.19. The Morgan fingerprint density at radius 3 is 2.72 bits per heavy atom. The van der Waals surface area contributed by atoms with Gasteiger partial charge in [-0.05, 0) is 44.2 Å². The molecule has 7 heteroatoms. The van der Waals surface area contributed by atoms with E-state index in [0.29, 0.717) is 11.3 Å². The molecule has 0 saturated heterocycles. The maximum Gasteiger partial charge on any atom is 0.357 e. The number of benzene rings is 1. The Hall–Kier alpha value is -2.67. The van der Waals surface area contributed by atoms with Gasteiger partial charge < -0.3 is 14.6 Å². The average Bonchev–Trinajstić information content (AvgIpc) is 3.19. The van der Waals surface area contributed by atoms with Crippen molar-refractivity contribution in [3.8, 4) is 0 Å². The van der Waals surface area contributed by atoms with Gasteiger partial charge in [-0.1, -0.05) is 18.2 Å². The number of nitrogens with one attached hydrogen (secondary N) is 1. The lowest BCUT2D eigenvalue weighted by Gasteiger charge is -2.14. The largest absolute Gasteiger partial charge is 0.461 e. The molecule has 0 aliphatic heterocycles. The maximum absolute atomic E-state index is 14.4. The van der Waals surface area contributed by atoms with Crippen LogP contribution in [0.1, 0.15) is 53.2 Å². The number of fused-ring (bicyclic) bond motifs is 3. The summed E-state index contributed by atoms with van der Waals surface area (Å²) in [6.45, 7) is 3.57. The van der Waals surface area contributed by atoms with E-state index >= 15 is 0 Å². The number of carbonyl (C=O) groups is 2. The number of nitrogens with zero attached hydrogens (tertiary/aromatic N) is 1. The molecule has 152 valence electrons. The number of hydrogen-bond acceptors (Lipinski definition) is 4. The summed E-state index contributed by atoms with van der Waals surface area (Å²) in [5.41, 5.74) is 2.44. The fourth-order valence-corrected chi connectivity index (χ4v) is 5.41. The maximum atomic E-state index is 14.4. The van der Waals surface area contributed by atoms with Crippen molar-refractivity contribution in [3.05, 3.63) is 51.8 Å². The van der Waals surface area contributed by atoms with Crippen molar-refractivity contribution in [1.82, 2.24) is 4.57 Å². The standard InChI is InChI=1S/C22H23FN2O3S/c1-3-28-22(27)20-19(24-13(2)26)18-15-9-5-7-11-17(15)29-21(18)25(20)12-14-8-4-6-10-16(14)23/h4,6,8,10H,3,5,7,9,11-12H2,1-2H3,(H,24,26). The molecule has 0 spiro atoms. The van der Waals surface area contributed by atoms with E-state index in [1.807, 2.05) is 0 Å². The summed E-state index contributed by atoms with van der Waals surface area (Å²) in [6, 6.07) is 6.54. The van der Waals surface area contributed by atoms with E-state index in [4.69, 9.17) is 4.74 Å². The number of thiophene rings is 1. The van der Waals surface area contributed by atoms with Crippen LogP contribution in [-0.4, -0.2) is 23.1 Å². The molecule has 0 fully saturated rings. The van der Waals surface area contributed by atoms with Crippen molar-refractivity contribution < 1.29 is 18.7 Å². The SMILES string of the molecule is CCOC(=O)c1c(NC(C)=O)c2c3c(sc2n1Cc1ccccc1F)CCCC3. The molecule has 0 unspecified atom stereocenters. The molecular formula is C22H23FN2O3S. The first-order chi connectivity index (χ1) is 14.0. The minimum atomic E-state index is -0.513. The van der Waals surface area contributed by atoms with E-state index in [2.05, 4.69) is 5.32 Å². The van der Waals surface area contributed by atoms with E-state index in [-0.39, 0.29) is 30.6 Å². The molecule has 1 aliphatic carbocycles. The Morgan fingerprint density at radius 2 is 2.00 bits per heavy atom. The van der Waals surface area contributed by atoms with Gasteiger partial charge in [-0.2, -0.15) is 0 Å². The van der Waals surface area contributed by atoms with Crippen LogP contribution in [0.15, 0.2) is 24.3 Å². The quantitative estimate of drug-likeness (QED) is 0.604. The fourth-order valence-electron chi connectivity index (χ4n) is 4.01. The second-order valence-electron chi connectivity index (χ2n) is 7.19. The van der Waals surface area contributed by atoms with E-state index in [9.17, 15) is 14.0 Å². The van der Waals surface area contributed by atoms with Crippen molar-refractivity contribution >= 4 is 39.1 Å². The van der Waals surface area contributed by atoms with Crippen LogP contribution in [0.25, 0.3) is 10.2 Å². The Balaban J connectivity index is 1.99. The minimum Gasteiger partial charge on any atom is -0.461 e. The number of ether oxygens (including phenoxy) is 1. The highest BCUT2D eigenvalue weighted by Gasteiger charge is 2.30. The Morgan fingerprint density at radius 1 is 1.24 bits per heavy atom. The average molecular weight is 415 g/mol. The topological polar surface area (TPSA) is 60.3 Å². The highest BCUT2D eigenvalue weighted by Crippen LogP contribution is 2.44. The third-order valence-electron chi connectivity index (χ3n) is 5.21. The zero-order valence-electron chi connectivity index (χ0n) is 16.5. The number of aryl methyl sites for hydroxylation is 2. The summed E-state index contributed by atoms with van der Waals surface area (Å²) in [6.07, 6.45) is 4.10. The van der Waals surface area contributed by atoms with Gasteiger partial charge in [0, 0.05) is 22.8 Å². The van der Waals surface area contributed by atoms with Gasteiger partial charge in [0.1, 0.15) is 10.6 Å². The van der Waals surface area contributed by atoms with Gasteiger partial charge in [0.25, 0.3) is 0 Å². The summed E-state index contributed by atoms with van der Waals surface area (Å²) < 4.78 is 21.5. The Kier molecular flexibility index (Phi) is 5.41. The van der Waals surface area contributed by atoms with E-state index in [1.54, 1.807) is 41.0 Å². The van der Waals surface area contributed by atoms with E-state index < -0.39 is 5.97 Å². The van der Waals surface area contributed by atoms with Crippen LogP contribution in [0.5, 0.6) is 0 Å². The van der Waals surface area contributed by atoms with Crippen molar-refractivity contribution in [2.45, 2.75) is 46.1 Å². The van der Waals surface area contributed by atoms with Gasteiger partial charge in [0.05, 0.1) is 18.8 Å². The molecule has 1 aliphatic rings. The summed E-state index contributed by atoms with van der Waals surface area (Å²) in [5, 5.41) is 3.77. The molecule has 1 N–H and O–H groups in total. The summed E-state index contributed by atoms with van der Waals surface area (Å²) in [7, 11) is 0.